The van der Waals surface area contributed by atoms with E-state index in [1.165, 1.54) is 0 Å². The van der Waals surface area contributed by atoms with Gasteiger partial charge in [-0.3, -0.25) is 4.74 Å². The van der Waals surface area contributed by atoms with Crippen LogP contribution in [0, 0.1) is 0 Å². The summed E-state index contributed by atoms with van der Waals surface area (Å²) in [5.74, 6) is -20.2. The Balaban J connectivity index is 6.15. The van der Waals surface area contributed by atoms with Crippen molar-refractivity contribution in [2.24, 2.45) is 0 Å². The molecule has 0 aromatic heterocycles. The van der Waals surface area contributed by atoms with Gasteiger partial charge in [-0.05, 0) is 53.8 Å². The maximum Gasteiger partial charge on any atom is 0.429 e. The standard InChI is InChI=1S/C13H14Cl2F11IO2/c1-7(28-2,5-3-4-6-27)8(16,17)9(18,19)10(20,21)13(25,26)29-12(15,24)11(14,22)23/h3-6H2,1-2H3. The van der Waals surface area contributed by atoms with Gasteiger partial charge in [0, 0.05) is 7.11 Å². The fraction of sp³-hybridized carbons (Fsp3) is 1.00. The Hall–Kier alpha value is 0.460. The average Bonchev–Trinajstić information content (AvgIpc) is 2.52. The lowest BCUT2D eigenvalue weighted by Crippen LogP contribution is -2.70. The topological polar surface area (TPSA) is 18.5 Å². The van der Waals surface area contributed by atoms with Gasteiger partial charge in [-0.25, -0.2) is 0 Å². The first-order chi connectivity index (χ1) is 12.6. The lowest BCUT2D eigenvalue weighted by atomic mass is 9.84. The quantitative estimate of drug-likeness (QED) is 0.101. The van der Waals surface area contributed by atoms with Crippen molar-refractivity contribution in [1.29, 1.82) is 0 Å². The molecule has 0 spiro atoms. The van der Waals surface area contributed by atoms with E-state index in [9.17, 15) is 48.3 Å². The molecule has 0 aliphatic heterocycles. The minimum Gasteiger partial charge on any atom is -0.372 e. The monoisotopic (exact) mass is 608 g/mol. The van der Waals surface area contributed by atoms with Crippen LogP contribution in [0.1, 0.15) is 26.2 Å². The Morgan fingerprint density at radius 1 is 0.759 bits per heavy atom. The smallest absolute Gasteiger partial charge is 0.372 e. The summed E-state index contributed by atoms with van der Waals surface area (Å²) in [6.07, 6.45) is -8.01. The van der Waals surface area contributed by atoms with E-state index in [0.29, 0.717) is 11.5 Å². The molecule has 0 aliphatic carbocycles. The van der Waals surface area contributed by atoms with E-state index >= 15 is 0 Å². The summed E-state index contributed by atoms with van der Waals surface area (Å²) in [5, 5.41) is -11.3. The molecule has 0 N–H and O–H groups in total. The lowest BCUT2D eigenvalue weighted by molar-refractivity contribution is -0.464. The zero-order chi connectivity index (χ0) is 23.7. The average molecular weight is 609 g/mol. The zero-order valence-corrected chi connectivity index (χ0v) is 18.1. The van der Waals surface area contributed by atoms with Crippen LogP contribution in [0.3, 0.4) is 0 Å². The van der Waals surface area contributed by atoms with Gasteiger partial charge in [0.2, 0.25) is 0 Å². The predicted molar refractivity (Wildman–Crippen MR) is 89.5 cm³/mol. The van der Waals surface area contributed by atoms with Crippen molar-refractivity contribution >= 4 is 45.8 Å². The third-order valence-electron chi connectivity index (χ3n) is 3.89. The highest BCUT2D eigenvalue weighted by atomic mass is 127. The molecule has 2 nitrogen and oxygen atoms in total. The van der Waals surface area contributed by atoms with Crippen LogP contribution in [0.2, 0.25) is 0 Å². The first-order valence-corrected chi connectivity index (χ1v) is 9.63. The molecule has 0 bridgehead atoms. The van der Waals surface area contributed by atoms with E-state index < -0.39 is 46.6 Å². The van der Waals surface area contributed by atoms with Crippen molar-refractivity contribution in [3.63, 3.8) is 0 Å². The van der Waals surface area contributed by atoms with Crippen LogP contribution in [0.15, 0.2) is 0 Å². The van der Waals surface area contributed by atoms with Crippen molar-refractivity contribution in [1.82, 2.24) is 0 Å². The van der Waals surface area contributed by atoms with E-state index in [1.807, 2.05) is 0 Å². The van der Waals surface area contributed by atoms with Crippen LogP contribution in [0.5, 0.6) is 0 Å². The molecule has 2 unspecified atom stereocenters. The first-order valence-electron chi connectivity index (χ1n) is 7.35. The van der Waals surface area contributed by atoms with E-state index in [4.69, 9.17) is 0 Å². The van der Waals surface area contributed by atoms with Crippen LogP contribution < -0.4 is 0 Å². The van der Waals surface area contributed by atoms with E-state index in [1.54, 1.807) is 22.6 Å². The second-order valence-electron chi connectivity index (χ2n) is 5.94. The van der Waals surface area contributed by atoms with Gasteiger partial charge in [0.05, 0.1) is 0 Å². The van der Waals surface area contributed by atoms with Crippen LogP contribution in [0.25, 0.3) is 0 Å². The molecular formula is C13H14Cl2F11IO2. The molecule has 29 heavy (non-hydrogen) atoms. The molecule has 0 heterocycles. The second kappa shape index (κ2) is 9.14. The van der Waals surface area contributed by atoms with Gasteiger partial charge < -0.3 is 4.74 Å². The molecule has 0 saturated heterocycles. The maximum atomic E-state index is 14.3. The lowest BCUT2D eigenvalue weighted by Gasteiger charge is -2.44. The maximum absolute atomic E-state index is 14.3. The molecule has 0 saturated carbocycles. The Morgan fingerprint density at radius 2 is 1.21 bits per heavy atom. The Kier molecular flexibility index (Phi) is 9.28. The summed E-state index contributed by atoms with van der Waals surface area (Å²) in [6.45, 7) is 0.261. The molecule has 0 aromatic rings. The van der Waals surface area contributed by atoms with Crippen molar-refractivity contribution < 1.29 is 57.8 Å². The second-order valence-corrected chi connectivity index (χ2v) is 7.98. The van der Waals surface area contributed by atoms with Gasteiger partial charge in [0.25, 0.3) is 0 Å². The highest BCUT2D eigenvalue weighted by Gasteiger charge is 2.86. The number of rotatable bonds is 12. The van der Waals surface area contributed by atoms with Gasteiger partial charge in [-0.1, -0.05) is 22.6 Å². The first kappa shape index (κ1) is 29.5. The number of ether oxygens (including phenoxy) is 2. The zero-order valence-electron chi connectivity index (χ0n) is 14.4. The van der Waals surface area contributed by atoms with Gasteiger partial charge in [0.1, 0.15) is 5.60 Å². The molecule has 2 atom stereocenters. The summed E-state index contributed by atoms with van der Waals surface area (Å²) in [6, 6.07) is 0. The third kappa shape index (κ3) is 5.45. The summed E-state index contributed by atoms with van der Waals surface area (Å²) in [5.41, 5.74) is -3.40. The normalized spacial score (nSPS) is 19.0. The largest absolute Gasteiger partial charge is 0.429 e. The fourth-order valence-corrected chi connectivity index (χ4v) is 2.61. The Labute approximate surface area is 181 Å². The highest BCUT2D eigenvalue weighted by molar-refractivity contribution is 14.1. The Bertz CT molecular complexity index is 557. The number of alkyl halides is 14. The molecule has 176 valence electrons. The molecule has 0 aliphatic rings. The Morgan fingerprint density at radius 3 is 1.55 bits per heavy atom. The summed E-state index contributed by atoms with van der Waals surface area (Å²) < 4.78 is 156. The van der Waals surface area contributed by atoms with E-state index in [2.05, 4.69) is 32.7 Å². The summed E-state index contributed by atoms with van der Waals surface area (Å²) in [7, 11) is 0.445. The van der Waals surface area contributed by atoms with E-state index in [0.717, 1.165) is 0 Å². The number of hydrogen-bond donors (Lipinski definition) is 0. The summed E-state index contributed by atoms with van der Waals surface area (Å²) >= 11 is 9.88. The van der Waals surface area contributed by atoms with Crippen molar-refractivity contribution in [2.45, 2.75) is 66.4 Å². The minimum atomic E-state index is -7.24. The van der Waals surface area contributed by atoms with Crippen LogP contribution in [-0.2, 0) is 9.47 Å². The van der Waals surface area contributed by atoms with Gasteiger partial charge in [-0.15, -0.1) is 0 Å². The van der Waals surface area contributed by atoms with Gasteiger partial charge in [-0.2, -0.15) is 48.3 Å². The van der Waals surface area contributed by atoms with Crippen molar-refractivity contribution in [2.75, 3.05) is 11.5 Å². The fourth-order valence-electron chi connectivity index (χ4n) is 1.94. The minimum absolute atomic E-state index is 0.165. The summed E-state index contributed by atoms with van der Waals surface area (Å²) in [4.78, 5) is 0. The number of methoxy groups -OCH3 is 1. The van der Waals surface area contributed by atoms with Gasteiger partial charge >= 0.3 is 34.6 Å². The number of halogens is 14. The molecular weight excluding hydrogens is 595 g/mol. The highest BCUT2D eigenvalue weighted by Crippen LogP contribution is 2.59. The van der Waals surface area contributed by atoms with Crippen LogP contribution in [-0.4, -0.2) is 51.7 Å². The van der Waals surface area contributed by atoms with Crippen molar-refractivity contribution in [3.8, 4) is 0 Å². The van der Waals surface area contributed by atoms with Gasteiger partial charge in [0.15, 0.2) is 0 Å². The SMILES string of the molecule is COC(C)(CCCCI)C(F)(F)C(F)(F)C(F)(F)C(F)(F)OC(F)(Cl)C(F)(F)Cl. The number of unbranched alkanes of at least 4 members (excludes halogenated alkanes) is 1. The van der Waals surface area contributed by atoms with E-state index in [-0.39, 0.29) is 19.8 Å². The molecule has 0 fully saturated rings. The molecule has 16 heteroatoms. The van der Waals surface area contributed by atoms with Crippen LogP contribution >= 0.6 is 45.8 Å². The predicted octanol–water partition coefficient (Wildman–Crippen LogP) is 7.21. The molecule has 0 radical (unpaired) electrons. The molecule has 0 rings (SSSR count). The van der Waals surface area contributed by atoms with Crippen molar-refractivity contribution in [3.05, 3.63) is 0 Å². The molecule has 0 aromatic carbocycles. The van der Waals surface area contributed by atoms with Crippen LogP contribution in [0.4, 0.5) is 48.3 Å². The number of hydrogen-bond acceptors (Lipinski definition) is 2. The third-order valence-corrected chi connectivity index (χ3v) is 5.31. The molecule has 0 amide bonds.